The maximum atomic E-state index is 11.2. The molecule has 0 aromatic heterocycles. The first kappa shape index (κ1) is 20.5. The van der Waals surface area contributed by atoms with Crippen LogP contribution >= 0.6 is 0 Å². The van der Waals surface area contributed by atoms with Crippen LogP contribution in [0.4, 0.5) is 0 Å². The molecule has 2 rings (SSSR count). The second-order valence-corrected chi connectivity index (χ2v) is 4.66. The Morgan fingerprint density at radius 2 is 1.30 bits per heavy atom. The van der Waals surface area contributed by atoms with E-state index in [0.29, 0.717) is 24.0 Å². The molecule has 0 saturated carbocycles. The van der Waals surface area contributed by atoms with Crippen LogP contribution in [0.25, 0.3) is 0 Å². The molecule has 0 atom stereocenters. The van der Waals surface area contributed by atoms with Gasteiger partial charge in [-0.1, -0.05) is 50.3 Å². The Kier molecular flexibility index (Phi) is 10.7. The van der Waals surface area contributed by atoms with Gasteiger partial charge in [0.1, 0.15) is 6.29 Å². The number of ketones is 2. The third-order valence-electron chi connectivity index (χ3n) is 2.99. The Labute approximate surface area is 138 Å². The van der Waals surface area contributed by atoms with Crippen molar-refractivity contribution in [2.45, 2.75) is 33.6 Å². The van der Waals surface area contributed by atoms with E-state index in [1.54, 1.807) is 18.2 Å². The highest BCUT2D eigenvalue weighted by molar-refractivity contribution is 6.20. The molecule has 1 aromatic rings. The number of benzene rings is 1. The van der Waals surface area contributed by atoms with E-state index in [9.17, 15) is 14.4 Å². The second kappa shape index (κ2) is 12.0. The van der Waals surface area contributed by atoms with Crippen molar-refractivity contribution in [3.05, 3.63) is 71.8 Å². The number of allylic oxidation sites excluding steroid dienone is 5. The van der Waals surface area contributed by atoms with Crippen molar-refractivity contribution in [1.82, 2.24) is 0 Å². The highest BCUT2D eigenvalue weighted by atomic mass is 16.1. The monoisotopic (exact) mass is 312 g/mol. The lowest BCUT2D eigenvalue weighted by atomic mass is 9.92. The lowest BCUT2D eigenvalue weighted by molar-refractivity contribution is -0.115. The quantitative estimate of drug-likeness (QED) is 0.469. The molecule has 0 N–H and O–H groups in total. The van der Waals surface area contributed by atoms with E-state index < -0.39 is 0 Å². The summed E-state index contributed by atoms with van der Waals surface area (Å²) in [6, 6.07) is 9.10. The predicted octanol–water partition coefficient (Wildman–Crippen LogP) is 4.50. The van der Waals surface area contributed by atoms with Crippen molar-refractivity contribution in [2.75, 3.05) is 0 Å². The molecule has 0 amide bonds. The molecule has 0 bridgehead atoms. The van der Waals surface area contributed by atoms with Crippen LogP contribution in [0.1, 0.15) is 44.0 Å². The number of carbonyl (C=O) groups excluding carboxylic acids is 3. The van der Waals surface area contributed by atoms with Gasteiger partial charge in [-0.25, -0.2) is 0 Å². The van der Waals surface area contributed by atoms with E-state index >= 15 is 0 Å². The average Bonchev–Trinajstić information content (AvgIpc) is 2.58. The van der Waals surface area contributed by atoms with Crippen LogP contribution in [0.15, 0.2) is 66.3 Å². The molecule has 1 aliphatic carbocycles. The van der Waals surface area contributed by atoms with Gasteiger partial charge in [0.25, 0.3) is 0 Å². The fraction of sp³-hybridized carbons (Fsp3) is 0.250. The molecule has 0 radical (unpaired) electrons. The molecule has 0 heterocycles. The highest BCUT2D eigenvalue weighted by Crippen LogP contribution is 2.19. The highest BCUT2D eigenvalue weighted by Gasteiger charge is 2.18. The van der Waals surface area contributed by atoms with E-state index in [2.05, 4.69) is 6.58 Å². The summed E-state index contributed by atoms with van der Waals surface area (Å²) in [5.74, 6) is -0.0112. The Balaban J connectivity index is 0.000000379. The van der Waals surface area contributed by atoms with Gasteiger partial charge >= 0.3 is 0 Å². The minimum atomic E-state index is -0.00560. The smallest absolute Gasteiger partial charge is 0.182 e. The van der Waals surface area contributed by atoms with Crippen LogP contribution < -0.4 is 0 Å². The zero-order valence-electron chi connectivity index (χ0n) is 14.0. The Bertz CT molecular complexity index is 565. The van der Waals surface area contributed by atoms with Crippen LogP contribution in [0.3, 0.4) is 0 Å². The minimum absolute atomic E-state index is 0.00560. The molecule has 0 unspecified atom stereocenters. The Morgan fingerprint density at radius 3 is 1.57 bits per heavy atom. The first-order valence-corrected chi connectivity index (χ1v) is 7.61. The van der Waals surface area contributed by atoms with Crippen LogP contribution in [-0.4, -0.2) is 17.9 Å². The molecule has 23 heavy (non-hydrogen) atoms. The fourth-order valence-corrected chi connectivity index (χ4v) is 1.96. The summed E-state index contributed by atoms with van der Waals surface area (Å²) in [6.45, 7) is 9.05. The average molecular weight is 312 g/mol. The first-order chi connectivity index (χ1) is 11.0. The summed E-state index contributed by atoms with van der Waals surface area (Å²) in [5.41, 5.74) is 2.10. The van der Waals surface area contributed by atoms with E-state index in [1.807, 2.05) is 39.0 Å². The number of hydrogen-bond acceptors (Lipinski definition) is 3. The van der Waals surface area contributed by atoms with Gasteiger partial charge in [-0.3, -0.25) is 14.4 Å². The maximum absolute atomic E-state index is 11.2. The number of carbonyl (C=O) groups is 3. The summed E-state index contributed by atoms with van der Waals surface area (Å²) >= 11 is 0. The van der Waals surface area contributed by atoms with E-state index in [-0.39, 0.29) is 11.6 Å². The van der Waals surface area contributed by atoms with E-state index in [1.165, 1.54) is 12.2 Å². The van der Waals surface area contributed by atoms with Gasteiger partial charge in [0, 0.05) is 16.7 Å². The van der Waals surface area contributed by atoms with Crippen molar-refractivity contribution in [1.29, 1.82) is 0 Å². The zero-order valence-corrected chi connectivity index (χ0v) is 14.0. The lowest BCUT2D eigenvalue weighted by Crippen LogP contribution is -2.13. The van der Waals surface area contributed by atoms with Gasteiger partial charge in [0.05, 0.1) is 0 Å². The third kappa shape index (κ3) is 7.32. The van der Waals surface area contributed by atoms with Crippen molar-refractivity contribution in [3.8, 4) is 0 Å². The molecule has 0 saturated heterocycles. The Hall–Kier alpha value is -2.55. The molecule has 0 fully saturated rings. The zero-order chi connectivity index (χ0) is 17.7. The van der Waals surface area contributed by atoms with Crippen LogP contribution in [0.5, 0.6) is 0 Å². The molecule has 3 heteroatoms. The van der Waals surface area contributed by atoms with Gasteiger partial charge in [-0.15, -0.1) is 6.58 Å². The minimum Gasteiger partial charge on any atom is -0.298 e. The number of rotatable bonds is 3. The summed E-state index contributed by atoms with van der Waals surface area (Å²) in [6.07, 6.45) is 6.61. The van der Waals surface area contributed by atoms with Gasteiger partial charge < -0.3 is 0 Å². The lowest BCUT2D eigenvalue weighted by Gasteiger charge is -2.10. The summed E-state index contributed by atoms with van der Waals surface area (Å²) in [4.78, 5) is 32.5. The Morgan fingerprint density at radius 1 is 0.913 bits per heavy atom. The third-order valence-corrected chi connectivity index (χ3v) is 2.99. The number of aldehydes is 1. The van der Waals surface area contributed by atoms with Crippen molar-refractivity contribution < 1.29 is 14.4 Å². The second-order valence-electron chi connectivity index (χ2n) is 4.66. The summed E-state index contributed by atoms with van der Waals surface area (Å²) in [5, 5.41) is 0. The van der Waals surface area contributed by atoms with Gasteiger partial charge in [-0.05, 0) is 31.9 Å². The van der Waals surface area contributed by atoms with Crippen molar-refractivity contribution >= 4 is 17.9 Å². The first-order valence-electron chi connectivity index (χ1n) is 7.61. The largest absolute Gasteiger partial charge is 0.298 e. The number of hydrogen-bond donors (Lipinski definition) is 0. The fourth-order valence-electron chi connectivity index (χ4n) is 1.96. The van der Waals surface area contributed by atoms with Crippen LogP contribution in [0, 0.1) is 0 Å². The van der Waals surface area contributed by atoms with Crippen LogP contribution in [-0.2, 0) is 9.59 Å². The van der Waals surface area contributed by atoms with E-state index in [4.69, 9.17) is 0 Å². The predicted molar refractivity (Wildman–Crippen MR) is 94.5 cm³/mol. The van der Waals surface area contributed by atoms with Crippen molar-refractivity contribution in [2.24, 2.45) is 0 Å². The molecule has 1 aromatic carbocycles. The maximum Gasteiger partial charge on any atom is 0.182 e. The summed E-state index contributed by atoms with van der Waals surface area (Å²) < 4.78 is 0. The van der Waals surface area contributed by atoms with Gasteiger partial charge in [0.2, 0.25) is 0 Å². The summed E-state index contributed by atoms with van der Waals surface area (Å²) in [7, 11) is 0. The van der Waals surface area contributed by atoms with E-state index in [0.717, 1.165) is 11.8 Å². The van der Waals surface area contributed by atoms with Crippen molar-refractivity contribution in [3.63, 3.8) is 0 Å². The SMILES string of the molecule is C=CC.CCC1=C(CC)C(=O)C=CC1=O.O=Cc1ccccc1. The standard InChI is InChI=1S/C10H12O2.C7H6O.C3H6/c1-3-7-8(4-2)10(12)6-5-9(7)11;8-6-7-4-2-1-3-5-7;1-3-2/h5-6H,3-4H2,1-2H3;1-6H;3H,1H2,2H3. The van der Waals surface area contributed by atoms with Crippen LogP contribution in [0.2, 0.25) is 0 Å². The van der Waals surface area contributed by atoms with Gasteiger partial charge in [0.15, 0.2) is 11.6 Å². The molecule has 1 aliphatic rings. The normalized spacial score (nSPS) is 12.7. The molecule has 3 nitrogen and oxygen atoms in total. The topological polar surface area (TPSA) is 51.2 Å². The molecule has 122 valence electrons. The molecular weight excluding hydrogens is 288 g/mol. The molecule has 0 aliphatic heterocycles. The molecular formula is C20H24O3. The molecule has 0 spiro atoms. The van der Waals surface area contributed by atoms with Gasteiger partial charge in [-0.2, -0.15) is 0 Å².